The molecule has 1 N–H and O–H groups in total. The molecule has 0 radical (unpaired) electrons. The largest absolute Gasteiger partial charge is 0.347 e. The molecule has 0 atom stereocenters. The Kier molecular flexibility index (Phi) is 3.91. The van der Waals surface area contributed by atoms with Crippen molar-refractivity contribution in [2.75, 3.05) is 0 Å². The third kappa shape index (κ3) is 3.14. The van der Waals surface area contributed by atoms with E-state index in [9.17, 15) is 4.79 Å². The number of halogens is 1. The molecule has 0 unspecified atom stereocenters. The van der Waals surface area contributed by atoms with Gasteiger partial charge < -0.3 is 5.32 Å². The van der Waals surface area contributed by atoms with E-state index in [1.54, 1.807) is 29.7 Å². The van der Waals surface area contributed by atoms with Crippen LogP contribution in [0.4, 0.5) is 0 Å². The smallest absolute Gasteiger partial charge is 0.253 e. The van der Waals surface area contributed by atoms with Crippen LogP contribution in [0.1, 0.15) is 20.9 Å². The van der Waals surface area contributed by atoms with Crippen molar-refractivity contribution < 1.29 is 4.79 Å². The summed E-state index contributed by atoms with van der Waals surface area (Å²) in [6, 6.07) is 7.51. The molecule has 88 valence electrons. The van der Waals surface area contributed by atoms with E-state index in [2.05, 4.69) is 26.2 Å². The van der Waals surface area contributed by atoms with Crippen molar-refractivity contribution in [1.29, 1.82) is 0 Å². The molecule has 2 aromatic heterocycles. The fraction of sp³-hybridized carbons (Fsp3) is 0.167. The molecule has 17 heavy (non-hydrogen) atoms. The van der Waals surface area contributed by atoms with Crippen molar-refractivity contribution >= 4 is 33.2 Å². The van der Waals surface area contributed by atoms with E-state index in [-0.39, 0.29) is 5.91 Å². The third-order valence-corrected chi connectivity index (χ3v) is 3.93. The van der Waals surface area contributed by atoms with Crippen LogP contribution in [0.5, 0.6) is 0 Å². The highest BCUT2D eigenvalue weighted by atomic mass is 79.9. The maximum Gasteiger partial charge on any atom is 0.253 e. The summed E-state index contributed by atoms with van der Waals surface area (Å²) in [4.78, 5) is 17.1. The number of rotatable bonds is 3. The highest BCUT2D eigenvalue weighted by molar-refractivity contribution is 9.11. The molecule has 0 aliphatic heterocycles. The molecule has 2 rings (SSSR count). The van der Waals surface area contributed by atoms with E-state index in [1.807, 2.05) is 19.1 Å². The standard InChI is InChI=1S/C12H11BrN2OS/c1-8-10(3-2-6-14-8)12(16)15-7-9-4-5-11(13)17-9/h2-6H,7H2,1H3,(H,15,16). The topological polar surface area (TPSA) is 42.0 Å². The molecule has 3 nitrogen and oxygen atoms in total. The number of hydrogen-bond acceptors (Lipinski definition) is 3. The van der Waals surface area contributed by atoms with Gasteiger partial charge in [-0.15, -0.1) is 11.3 Å². The van der Waals surface area contributed by atoms with Gasteiger partial charge in [0.1, 0.15) is 0 Å². The van der Waals surface area contributed by atoms with Gasteiger partial charge in [-0.05, 0) is 47.1 Å². The second kappa shape index (κ2) is 5.42. The number of aromatic nitrogens is 1. The lowest BCUT2D eigenvalue weighted by molar-refractivity contribution is 0.0950. The molecule has 0 fully saturated rings. The Hall–Kier alpha value is -1.20. The maximum atomic E-state index is 11.9. The lowest BCUT2D eigenvalue weighted by atomic mass is 10.2. The predicted molar refractivity (Wildman–Crippen MR) is 72.2 cm³/mol. The van der Waals surface area contributed by atoms with Crippen molar-refractivity contribution in [1.82, 2.24) is 10.3 Å². The number of hydrogen-bond donors (Lipinski definition) is 1. The minimum atomic E-state index is -0.0832. The van der Waals surface area contributed by atoms with Crippen LogP contribution < -0.4 is 5.32 Å². The van der Waals surface area contributed by atoms with Gasteiger partial charge in [0.05, 0.1) is 15.9 Å². The van der Waals surface area contributed by atoms with Crippen LogP contribution >= 0.6 is 27.3 Å². The molecular weight excluding hydrogens is 300 g/mol. The van der Waals surface area contributed by atoms with Gasteiger partial charge >= 0.3 is 0 Å². The first-order chi connectivity index (χ1) is 8.16. The molecule has 0 aliphatic rings. The van der Waals surface area contributed by atoms with Gasteiger partial charge in [0.2, 0.25) is 0 Å². The Morgan fingerprint density at radius 2 is 2.29 bits per heavy atom. The third-order valence-electron chi connectivity index (χ3n) is 2.30. The van der Waals surface area contributed by atoms with Gasteiger partial charge in [-0.25, -0.2) is 0 Å². The molecule has 0 aliphatic carbocycles. The first-order valence-electron chi connectivity index (χ1n) is 5.11. The summed E-state index contributed by atoms with van der Waals surface area (Å²) in [5, 5.41) is 2.88. The second-order valence-corrected chi connectivity index (χ2v) is 6.07. The fourth-order valence-electron chi connectivity index (χ4n) is 1.43. The van der Waals surface area contributed by atoms with E-state index < -0.39 is 0 Å². The number of carbonyl (C=O) groups excluding carboxylic acids is 1. The first kappa shape index (κ1) is 12.3. The number of pyridine rings is 1. The van der Waals surface area contributed by atoms with Crippen molar-refractivity contribution in [3.63, 3.8) is 0 Å². The normalized spacial score (nSPS) is 10.2. The minimum absolute atomic E-state index is 0.0832. The van der Waals surface area contributed by atoms with Gasteiger partial charge in [0.15, 0.2) is 0 Å². The molecule has 2 aromatic rings. The Bertz CT molecular complexity index is 539. The molecule has 0 spiro atoms. The summed E-state index contributed by atoms with van der Waals surface area (Å²) in [6.07, 6.45) is 1.68. The molecule has 0 saturated carbocycles. The van der Waals surface area contributed by atoms with Crippen LogP contribution in [-0.2, 0) is 6.54 Å². The van der Waals surface area contributed by atoms with Gasteiger partial charge in [0.25, 0.3) is 5.91 Å². The Balaban J connectivity index is 2.01. The Morgan fingerprint density at radius 3 is 2.94 bits per heavy atom. The van der Waals surface area contributed by atoms with E-state index >= 15 is 0 Å². The number of nitrogens with zero attached hydrogens (tertiary/aromatic N) is 1. The Labute approximate surface area is 112 Å². The van der Waals surface area contributed by atoms with E-state index in [0.717, 1.165) is 14.4 Å². The lowest BCUT2D eigenvalue weighted by Gasteiger charge is -2.05. The molecule has 5 heteroatoms. The summed E-state index contributed by atoms with van der Waals surface area (Å²) >= 11 is 5.01. The van der Waals surface area contributed by atoms with Gasteiger partial charge in [0, 0.05) is 16.8 Å². The van der Waals surface area contributed by atoms with Crippen molar-refractivity contribution in [2.45, 2.75) is 13.5 Å². The zero-order valence-electron chi connectivity index (χ0n) is 9.24. The summed E-state index contributed by atoms with van der Waals surface area (Å²) < 4.78 is 1.07. The van der Waals surface area contributed by atoms with Crippen molar-refractivity contribution in [3.05, 3.63) is 50.4 Å². The van der Waals surface area contributed by atoms with Gasteiger partial charge in [-0.1, -0.05) is 0 Å². The van der Waals surface area contributed by atoms with E-state index in [0.29, 0.717) is 12.1 Å². The fourth-order valence-corrected chi connectivity index (χ4v) is 2.86. The summed E-state index contributed by atoms with van der Waals surface area (Å²) in [5.41, 5.74) is 1.38. The molecular formula is C12H11BrN2OS. The van der Waals surface area contributed by atoms with Crippen molar-refractivity contribution in [3.8, 4) is 0 Å². The summed E-state index contributed by atoms with van der Waals surface area (Å²) in [6.45, 7) is 2.38. The first-order valence-corrected chi connectivity index (χ1v) is 6.72. The number of aryl methyl sites for hydroxylation is 1. The van der Waals surface area contributed by atoms with E-state index in [1.165, 1.54) is 0 Å². The average Bonchev–Trinajstić information content (AvgIpc) is 2.73. The number of amides is 1. The molecule has 2 heterocycles. The quantitative estimate of drug-likeness (QED) is 0.946. The predicted octanol–water partition coefficient (Wildman–Crippen LogP) is 3.14. The van der Waals surface area contributed by atoms with Crippen LogP contribution in [0, 0.1) is 6.92 Å². The van der Waals surface area contributed by atoms with Crippen LogP contribution in [0.25, 0.3) is 0 Å². The SMILES string of the molecule is Cc1ncccc1C(=O)NCc1ccc(Br)s1. The number of thiophene rings is 1. The average molecular weight is 311 g/mol. The van der Waals surface area contributed by atoms with Crippen LogP contribution in [0.3, 0.4) is 0 Å². The highest BCUT2D eigenvalue weighted by Gasteiger charge is 2.08. The molecule has 0 bridgehead atoms. The second-order valence-electron chi connectivity index (χ2n) is 3.52. The van der Waals surface area contributed by atoms with Crippen LogP contribution in [0.15, 0.2) is 34.2 Å². The molecule has 1 amide bonds. The van der Waals surface area contributed by atoms with Crippen LogP contribution in [-0.4, -0.2) is 10.9 Å². The Morgan fingerprint density at radius 1 is 1.47 bits per heavy atom. The molecule has 0 saturated heterocycles. The maximum absolute atomic E-state index is 11.9. The lowest BCUT2D eigenvalue weighted by Crippen LogP contribution is -2.23. The van der Waals surface area contributed by atoms with Crippen LogP contribution in [0.2, 0.25) is 0 Å². The number of nitrogens with one attached hydrogen (secondary N) is 1. The van der Waals surface area contributed by atoms with Gasteiger partial charge in [-0.2, -0.15) is 0 Å². The molecule has 0 aromatic carbocycles. The number of carbonyl (C=O) groups is 1. The summed E-state index contributed by atoms with van der Waals surface area (Å²) in [5.74, 6) is -0.0832. The van der Waals surface area contributed by atoms with Crippen molar-refractivity contribution in [2.24, 2.45) is 0 Å². The highest BCUT2D eigenvalue weighted by Crippen LogP contribution is 2.21. The minimum Gasteiger partial charge on any atom is -0.347 e. The monoisotopic (exact) mass is 310 g/mol. The zero-order chi connectivity index (χ0) is 12.3. The summed E-state index contributed by atoms with van der Waals surface area (Å²) in [7, 11) is 0. The van der Waals surface area contributed by atoms with E-state index in [4.69, 9.17) is 0 Å². The zero-order valence-corrected chi connectivity index (χ0v) is 11.6. The van der Waals surface area contributed by atoms with Gasteiger partial charge in [-0.3, -0.25) is 9.78 Å².